The predicted molar refractivity (Wildman–Crippen MR) is 83.7 cm³/mol. The Balaban J connectivity index is 1.75. The zero-order valence-electron chi connectivity index (χ0n) is 12.9. The molecule has 22 heavy (non-hydrogen) atoms. The Bertz CT molecular complexity index is 572. The van der Waals surface area contributed by atoms with E-state index in [1.807, 2.05) is 12.1 Å². The Kier molecular flexibility index (Phi) is 4.48. The van der Waals surface area contributed by atoms with Gasteiger partial charge in [0.1, 0.15) is 13.2 Å². The molecule has 3 atom stereocenters. The lowest BCUT2D eigenvalue weighted by atomic mass is 9.90. The molecular weight excluding hydrogens is 304 g/mol. The number of hydrogen-bond donors (Lipinski definition) is 0. The lowest BCUT2D eigenvalue weighted by Crippen LogP contribution is -2.16. The number of benzene rings is 1. The van der Waals surface area contributed by atoms with Gasteiger partial charge in [0.25, 0.3) is 0 Å². The van der Waals surface area contributed by atoms with E-state index < -0.39 is 0 Å². The fraction of sp³-hybridized carbons (Fsp3) is 0.588. The van der Waals surface area contributed by atoms with Crippen LogP contribution in [0.4, 0.5) is 0 Å². The highest BCUT2D eigenvalue weighted by molar-refractivity contribution is 6.31. The van der Waals surface area contributed by atoms with Crippen LogP contribution in [0, 0.1) is 11.8 Å². The van der Waals surface area contributed by atoms with Crippen LogP contribution in [0.2, 0.25) is 5.02 Å². The highest BCUT2D eigenvalue weighted by Gasteiger charge is 2.44. The largest absolute Gasteiger partial charge is 0.486 e. The summed E-state index contributed by atoms with van der Waals surface area (Å²) in [6.07, 6.45) is 2.85. The summed E-state index contributed by atoms with van der Waals surface area (Å²) in [4.78, 5) is 11.6. The van der Waals surface area contributed by atoms with Crippen molar-refractivity contribution in [2.75, 3.05) is 20.3 Å². The van der Waals surface area contributed by atoms with Crippen LogP contribution >= 0.6 is 11.6 Å². The second-order valence-electron chi connectivity index (χ2n) is 5.98. The smallest absolute Gasteiger partial charge is 0.308 e. The van der Waals surface area contributed by atoms with Crippen molar-refractivity contribution in [3.05, 3.63) is 22.7 Å². The van der Waals surface area contributed by atoms with Crippen molar-refractivity contribution in [3.8, 4) is 11.5 Å². The summed E-state index contributed by atoms with van der Waals surface area (Å²) < 4.78 is 16.0. The molecule has 1 heterocycles. The normalized spacial score (nSPS) is 23.8. The van der Waals surface area contributed by atoms with Gasteiger partial charge in [0.05, 0.1) is 13.0 Å². The average molecular weight is 325 g/mol. The molecule has 0 radical (unpaired) electrons. The predicted octanol–water partition coefficient (Wildman–Crippen LogP) is 3.80. The van der Waals surface area contributed by atoms with Gasteiger partial charge in [-0.15, -0.1) is 0 Å². The van der Waals surface area contributed by atoms with Gasteiger partial charge in [0.2, 0.25) is 0 Å². The molecule has 5 heteroatoms. The molecule has 1 aliphatic heterocycles. The average Bonchev–Trinajstić information content (AvgIpc) is 3.30. The van der Waals surface area contributed by atoms with Crippen molar-refractivity contribution in [2.24, 2.45) is 11.8 Å². The van der Waals surface area contributed by atoms with Gasteiger partial charge in [-0.3, -0.25) is 4.79 Å². The van der Waals surface area contributed by atoms with E-state index in [1.54, 1.807) is 0 Å². The number of ether oxygens (including phenoxy) is 3. The van der Waals surface area contributed by atoms with E-state index in [2.05, 4.69) is 6.92 Å². The summed E-state index contributed by atoms with van der Waals surface area (Å²) in [6, 6.07) is 3.85. The standard InChI is InChI=1S/C17H21ClO4/c1-3-10(6-11-7-13(11)17(19)20-2)12-8-15-16(9-14(12)18)22-5-4-21-15/h8-11,13H,3-7H2,1-2H3. The number of hydrogen-bond acceptors (Lipinski definition) is 4. The lowest BCUT2D eigenvalue weighted by Gasteiger charge is -2.23. The Morgan fingerprint density at radius 2 is 2.05 bits per heavy atom. The van der Waals surface area contributed by atoms with Crippen molar-refractivity contribution in [2.45, 2.75) is 32.1 Å². The van der Waals surface area contributed by atoms with Crippen LogP contribution < -0.4 is 9.47 Å². The van der Waals surface area contributed by atoms with Crippen LogP contribution in [0.15, 0.2) is 12.1 Å². The van der Waals surface area contributed by atoms with Crippen LogP contribution in [0.1, 0.15) is 37.7 Å². The minimum Gasteiger partial charge on any atom is -0.486 e. The van der Waals surface area contributed by atoms with Crippen molar-refractivity contribution >= 4 is 17.6 Å². The SMILES string of the molecule is CCC(CC1CC1C(=O)OC)c1cc2c(cc1Cl)OCCO2. The molecule has 0 aromatic heterocycles. The molecule has 4 nitrogen and oxygen atoms in total. The summed E-state index contributed by atoms with van der Waals surface area (Å²) in [6.45, 7) is 3.27. The van der Waals surface area contributed by atoms with Gasteiger partial charge in [-0.05, 0) is 42.7 Å². The molecule has 1 aromatic carbocycles. The zero-order valence-corrected chi connectivity index (χ0v) is 13.7. The fourth-order valence-electron chi connectivity index (χ4n) is 3.22. The third-order valence-corrected chi connectivity index (χ3v) is 4.94. The second-order valence-corrected chi connectivity index (χ2v) is 6.39. The Hall–Kier alpha value is -1.42. The minimum atomic E-state index is -0.0897. The number of carbonyl (C=O) groups excluding carboxylic acids is 1. The number of esters is 1. The van der Waals surface area contributed by atoms with Gasteiger partial charge >= 0.3 is 5.97 Å². The molecule has 1 aliphatic carbocycles. The molecule has 0 N–H and O–H groups in total. The fourth-order valence-corrected chi connectivity index (χ4v) is 3.53. The van der Waals surface area contributed by atoms with Crippen molar-refractivity contribution in [1.29, 1.82) is 0 Å². The van der Waals surface area contributed by atoms with Gasteiger partial charge in [0, 0.05) is 11.1 Å². The molecule has 1 saturated carbocycles. The van der Waals surface area contributed by atoms with E-state index in [0.717, 1.165) is 30.6 Å². The Morgan fingerprint density at radius 3 is 2.68 bits per heavy atom. The van der Waals surface area contributed by atoms with Gasteiger partial charge in [-0.25, -0.2) is 0 Å². The molecule has 0 spiro atoms. The molecule has 1 fully saturated rings. The molecule has 0 saturated heterocycles. The van der Waals surface area contributed by atoms with Gasteiger partial charge in [-0.1, -0.05) is 18.5 Å². The van der Waals surface area contributed by atoms with Crippen LogP contribution in [0.25, 0.3) is 0 Å². The Morgan fingerprint density at radius 1 is 1.36 bits per heavy atom. The van der Waals surface area contributed by atoms with Gasteiger partial charge < -0.3 is 14.2 Å². The summed E-state index contributed by atoms with van der Waals surface area (Å²) in [5.41, 5.74) is 1.09. The number of halogens is 1. The van der Waals surface area contributed by atoms with Crippen molar-refractivity contribution in [3.63, 3.8) is 0 Å². The highest BCUT2D eigenvalue weighted by atomic mass is 35.5. The molecule has 3 rings (SSSR count). The topological polar surface area (TPSA) is 44.8 Å². The van der Waals surface area contributed by atoms with Crippen molar-refractivity contribution < 1.29 is 19.0 Å². The van der Waals surface area contributed by atoms with E-state index in [9.17, 15) is 4.79 Å². The van der Waals surface area contributed by atoms with Crippen LogP contribution in [-0.2, 0) is 9.53 Å². The van der Waals surface area contributed by atoms with Crippen LogP contribution in [0.3, 0.4) is 0 Å². The first-order chi connectivity index (χ1) is 10.6. The molecule has 0 bridgehead atoms. The maximum atomic E-state index is 11.6. The van der Waals surface area contributed by atoms with Crippen LogP contribution in [0.5, 0.6) is 11.5 Å². The third kappa shape index (κ3) is 3.02. The number of rotatable bonds is 5. The summed E-state index contributed by atoms with van der Waals surface area (Å²) in [7, 11) is 1.45. The Labute approximate surface area is 135 Å². The maximum absolute atomic E-state index is 11.6. The number of fused-ring (bicyclic) bond motifs is 1. The maximum Gasteiger partial charge on any atom is 0.308 e. The minimum absolute atomic E-state index is 0.0648. The van der Waals surface area contributed by atoms with Crippen molar-refractivity contribution in [1.82, 2.24) is 0 Å². The summed E-state index contributed by atoms with van der Waals surface area (Å²) in [5.74, 6) is 2.19. The first-order valence-electron chi connectivity index (χ1n) is 7.80. The lowest BCUT2D eigenvalue weighted by molar-refractivity contribution is -0.142. The first-order valence-corrected chi connectivity index (χ1v) is 8.18. The highest BCUT2D eigenvalue weighted by Crippen LogP contribution is 2.48. The summed E-state index contributed by atoms with van der Waals surface area (Å²) in [5, 5.41) is 0.714. The number of methoxy groups -OCH3 is 1. The van der Waals surface area contributed by atoms with Crippen LogP contribution in [-0.4, -0.2) is 26.3 Å². The van der Waals surface area contributed by atoms with E-state index in [0.29, 0.717) is 35.8 Å². The van der Waals surface area contributed by atoms with Gasteiger partial charge in [0.15, 0.2) is 11.5 Å². The molecule has 1 aromatic rings. The summed E-state index contributed by atoms with van der Waals surface area (Å²) >= 11 is 6.44. The monoisotopic (exact) mass is 324 g/mol. The van der Waals surface area contributed by atoms with E-state index in [-0.39, 0.29) is 11.9 Å². The van der Waals surface area contributed by atoms with E-state index in [4.69, 9.17) is 25.8 Å². The van der Waals surface area contributed by atoms with E-state index >= 15 is 0 Å². The third-order valence-electron chi connectivity index (χ3n) is 4.61. The molecule has 0 amide bonds. The molecular formula is C17H21ClO4. The molecule has 2 aliphatic rings. The first kappa shape index (κ1) is 15.5. The molecule has 3 unspecified atom stereocenters. The molecule has 120 valence electrons. The number of carbonyl (C=O) groups is 1. The van der Waals surface area contributed by atoms with Gasteiger partial charge in [-0.2, -0.15) is 0 Å². The quantitative estimate of drug-likeness (QED) is 0.773. The zero-order chi connectivity index (χ0) is 15.7. The van der Waals surface area contributed by atoms with E-state index in [1.165, 1.54) is 7.11 Å². The second kappa shape index (κ2) is 6.37.